The average Bonchev–Trinajstić information content (AvgIpc) is 2.39. The molecule has 0 unspecified atom stereocenters. The lowest BCUT2D eigenvalue weighted by Gasteiger charge is -2.11. The van der Waals surface area contributed by atoms with Gasteiger partial charge in [-0.1, -0.05) is 0 Å². The summed E-state index contributed by atoms with van der Waals surface area (Å²) in [5, 5.41) is 12.6. The normalized spacial score (nSPS) is 9.94. The maximum atomic E-state index is 10.9. The van der Waals surface area contributed by atoms with Gasteiger partial charge < -0.3 is 24.6 Å². The summed E-state index contributed by atoms with van der Waals surface area (Å²) in [5.41, 5.74) is 0.824. The molecule has 100 valence electrons. The maximum Gasteiger partial charge on any atom is 0.319 e. The van der Waals surface area contributed by atoms with Gasteiger partial charge in [0.25, 0.3) is 0 Å². The number of nitrogens with one attached hydrogen (secondary N) is 1. The zero-order valence-corrected chi connectivity index (χ0v) is 10.6. The summed E-state index contributed by atoms with van der Waals surface area (Å²) < 4.78 is 14.6. The van der Waals surface area contributed by atoms with Gasteiger partial charge in [0.2, 0.25) is 5.75 Å². The van der Waals surface area contributed by atoms with Crippen LogP contribution in [0.3, 0.4) is 0 Å². The first kappa shape index (κ1) is 14.1. The highest BCUT2D eigenvalue weighted by molar-refractivity contribution is 5.71. The Morgan fingerprint density at radius 3 is 2.22 bits per heavy atom. The number of ether oxygens (including phenoxy) is 3. The van der Waals surface area contributed by atoms with E-state index in [4.69, 9.17) is 9.47 Å². The minimum absolute atomic E-state index is 0.0447. The van der Waals surface area contributed by atoms with Crippen LogP contribution in [0.4, 0.5) is 0 Å². The molecule has 18 heavy (non-hydrogen) atoms. The zero-order chi connectivity index (χ0) is 13.5. The van der Waals surface area contributed by atoms with Gasteiger partial charge in [-0.15, -0.1) is 0 Å². The summed E-state index contributed by atoms with van der Waals surface area (Å²) in [7, 11) is 4.25. The second kappa shape index (κ2) is 6.70. The van der Waals surface area contributed by atoms with E-state index in [1.807, 2.05) is 0 Å². The van der Waals surface area contributed by atoms with Crippen molar-refractivity contribution in [3.8, 4) is 17.2 Å². The van der Waals surface area contributed by atoms with Crippen LogP contribution in [0.25, 0.3) is 0 Å². The number of esters is 1. The molecule has 0 amide bonds. The number of carbonyl (C=O) groups is 1. The Bertz CT molecular complexity index is 394. The third-order valence-corrected chi connectivity index (χ3v) is 2.37. The third-order valence-electron chi connectivity index (χ3n) is 2.37. The van der Waals surface area contributed by atoms with Crippen LogP contribution in [0.5, 0.6) is 17.2 Å². The summed E-state index contributed by atoms with van der Waals surface area (Å²) in [4.78, 5) is 10.9. The molecule has 0 aliphatic heterocycles. The lowest BCUT2D eigenvalue weighted by atomic mass is 10.2. The van der Waals surface area contributed by atoms with Crippen molar-refractivity contribution in [3.05, 3.63) is 17.7 Å². The molecule has 6 heteroatoms. The number of benzene rings is 1. The van der Waals surface area contributed by atoms with E-state index in [-0.39, 0.29) is 18.3 Å². The second-order valence-corrected chi connectivity index (χ2v) is 3.53. The van der Waals surface area contributed by atoms with Crippen LogP contribution in [0.15, 0.2) is 12.1 Å². The predicted molar refractivity (Wildman–Crippen MR) is 64.9 cm³/mol. The molecular weight excluding hydrogens is 238 g/mol. The van der Waals surface area contributed by atoms with Gasteiger partial charge in [-0.05, 0) is 17.7 Å². The molecule has 0 heterocycles. The molecule has 0 radical (unpaired) electrons. The standard InChI is InChI=1S/C12H17NO5/c1-16-9-4-8(5-10(17-2)12(9)15)6-13-7-11(14)18-3/h4-5,13,15H,6-7H2,1-3H3. The van der Waals surface area contributed by atoms with Gasteiger partial charge >= 0.3 is 5.97 Å². The highest BCUT2D eigenvalue weighted by atomic mass is 16.5. The summed E-state index contributed by atoms with van der Waals surface area (Å²) in [5.74, 6) is 0.262. The highest BCUT2D eigenvalue weighted by Gasteiger charge is 2.11. The fraction of sp³-hybridized carbons (Fsp3) is 0.417. The van der Waals surface area contributed by atoms with Gasteiger partial charge in [0.1, 0.15) is 0 Å². The highest BCUT2D eigenvalue weighted by Crippen LogP contribution is 2.36. The van der Waals surface area contributed by atoms with Crippen molar-refractivity contribution in [2.24, 2.45) is 0 Å². The molecule has 0 spiro atoms. The molecule has 6 nitrogen and oxygen atoms in total. The molecule has 0 saturated carbocycles. The van der Waals surface area contributed by atoms with Crippen LogP contribution < -0.4 is 14.8 Å². The van der Waals surface area contributed by atoms with E-state index in [2.05, 4.69) is 10.1 Å². The van der Waals surface area contributed by atoms with Crippen molar-refractivity contribution in [2.45, 2.75) is 6.54 Å². The van der Waals surface area contributed by atoms with Gasteiger partial charge in [-0.25, -0.2) is 0 Å². The van der Waals surface area contributed by atoms with Crippen molar-refractivity contribution in [2.75, 3.05) is 27.9 Å². The molecule has 0 aliphatic carbocycles. The van der Waals surface area contributed by atoms with E-state index >= 15 is 0 Å². The average molecular weight is 255 g/mol. The Balaban J connectivity index is 2.74. The van der Waals surface area contributed by atoms with E-state index < -0.39 is 0 Å². The van der Waals surface area contributed by atoms with Crippen molar-refractivity contribution < 1.29 is 24.1 Å². The Morgan fingerprint density at radius 1 is 1.22 bits per heavy atom. The maximum absolute atomic E-state index is 10.9. The summed E-state index contributed by atoms with van der Waals surface area (Å²) in [6.07, 6.45) is 0. The van der Waals surface area contributed by atoms with Crippen molar-refractivity contribution in [1.29, 1.82) is 0 Å². The molecule has 0 saturated heterocycles. The minimum Gasteiger partial charge on any atom is -0.502 e. The van der Waals surface area contributed by atoms with E-state index in [9.17, 15) is 9.90 Å². The van der Waals surface area contributed by atoms with Crippen LogP contribution in [0, 0.1) is 0 Å². The topological polar surface area (TPSA) is 77.0 Å². The summed E-state index contributed by atoms with van der Waals surface area (Å²) in [6, 6.07) is 3.34. The third kappa shape index (κ3) is 3.53. The number of hydrogen-bond acceptors (Lipinski definition) is 6. The second-order valence-electron chi connectivity index (χ2n) is 3.53. The minimum atomic E-state index is -0.340. The Kier molecular flexibility index (Phi) is 5.26. The zero-order valence-electron chi connectivity index (χ0n) is 10.6. The van der Waals surface area contributed by atoms with E-state index in [0.29, 0.717) is 18.0 Å². The summed E-state index contributed by atoms with van der Waals surface area (Å²) >= 11 is 0. The smallest absolute Gasteiger partial charge is 0.319 e. The van der Waals surface area contributed by atoms with Crippen LogP contribution in [0.1, 0.15) is 5.56 Å². The van der Waals surface area contributed by atoms with Crippen molar-refractivity contribution >= 4 is 5.97 Å². The molecule has 1 aromatic rings. The van der Waals surface area contributed by atoms with Crippen LogP contribution in [-0.4, -0.2) is 38.9 Å². The number of rotatable bonds is 6. The molecule has 0 atom stereocenters. The van der Waals surface area contributed by atoms with Crippen LogP contribution in [0.2, 0.25) is 0 Å². The fourth-order valence-electron chi connectivity index (χ4n) is 1.43. The monoisotopic (exact) mass is 255 g/mol. The first-order chi connectivity index (χ1) is 8.62. The van der Waals surface area contributed by atoms with E-state index in [1.54, 1.807) is 12.1 Å². The van der Waals surface area contributed by atoms with E-state index in [1.165, 1.54) is 21.3 Å². The number of aromatic hydroxyl groups is 1. The van der Waals surface area contributed by atoms with Crippen LogP contribution >= 0.6 is 0 Å². The largest absolute Gasteiger partial charge is 0.502 e. The molecule has 0 aromatic heterocycles. The number of methoxy groups -OCH3 is 3. The quantitative estimate of drug-likeness (QED) is 0.728. The predicted octanol–water partition coefficient (Wildman–Crippen LogP) is 0.672. The first-order valence-electron chi connectivity index (χ1n) is 5.33. The number of phenolic OH excluding ortho intramolecular Hbond substituents is 1. The number of carbonyl (C=O) groups excluding carboxylic acids is 1. The Morgan fingerprint density at radius 2 is 1.78 bits per heavy atom. The molecular formula is C12H17NO5. The van der Waals surface area contributed by atoms with Gasteiger partial charge in [-0.2, -0.15) is 0 Å². The number of hydrogen-bond donors (Lipinski definition) is 2. The van der Waals surface area contributed by atoms with Gasteiger partial charge in [0.05, 0.1) is 27.9 Å². The van der Waals surface area contributed by atoms with E-state index in [0.717, 1.165) is 5.56 Å². The molecule has 1 rings (SSSR count). The van der Waals surface area contributed by atoms with Gasteiger partial charge in [0, 0.05) is 6.54 Å². The molecule has 1 aromatic carbocycles. The fourth-order valence-corrected chi connectivity index (χ4v) is 1.43. The molecule has 0 fully saturated rings. The van der Waals surface area contributed by atoms with Gasteiger partial charge in [0.15, 0.2) is 11.5 Å². The number of phenols is 1. The lowest BCUT2D eigenvalue weighted by molar-refractivity contribution is -0.139. The van der Waals surface area contributed by atoms with Gasteiger partial charge in [-0.3, -0.25) is 4.79 Å². The summed E-state index contributed by atoms with van der Waals surface area (Å²) in [6.45, 7) is 0.546. The first-order valence-corrected chi connectivity index (χ1v) is 5.33. The van der Waals surface area contributed by atoms with Crippen molar-refractivity contribution in [1.82, 2.24) is 5.32 Å². The molecule has 0 aliphatic rings. The Hall–Kier alpha value is -1.95. The van der Waals surface area contributed by atoms with Crippen molar-refractivity contribution in [3.63, 3.8) is 0 Å². The molecule has 2 N–H and O–H groups in total. The Labute approximate surface area is 105 Å². The van der Waals surface area contributed by atoms with Crippen LogP contribution in [-0.2, 0) is 16.1 Å². The lowest BCUT2D eigenvalue weighted by Crippen LogP contribution is -2.23. The SMILES string of the molecule is COC(=O)CNCc1cc(OC)c(O)c(OC)c1. The molecule has 0 bridgehead atoms.